The minimum absolute atomic E-state index is 0.0714. The maximum Gasteiger partial charge on any atom is 0.455 e. The Kier molecular flexibility index (Phi) is 7.80. The molecule has 2 aliphatic heterocycles. The molecule has 0 radical (unpaired) electrons. The van der Waals surface area contributed by atoms with Crippen molar-refractivity contribution >= 4 is 42.2 Å². The van der Waals surface area contributed by atoms with Crippen LogP contribution in [0.5, 0.6) is 5.75 Å². The number of nitrogens with zero attached hydrogens (tertiary/aromatic N) is 1. The zero-order valence-corrected chi connectivity index (χ0v) is 22.5. The lowest BCUT2D eigenvalue weighted by Crippen LogP contribution is -2.46. The highest BCUT2D eigenvalue weighted by atomic mass is 35.5. The number of halogens is 1. The molecule has 2 N–H and O–H groups in total. The summed E-state index contributed by atoms with van der Waals surface area (Å²) in [5, 5.41) is 20.9. The highest BCUT2D eigenvalue weighted by molar-refractivity contribution is 6.43. The molecule has 0 unspecified atom stereocenters. The first-order chi connectivity index (χ1) is 18.3. The van der Waals surface area contributed by atoms with Gasteiger partial charge in [-0.25, -0.2) is 0 Å². The lowest BCUT2D eigenvalue weighted by atomic mass is 9.58. The van der Waals surface area contributed by atoms with E-state index in [0.29, 0.717) is 37.2 Å². The van der Waals surface area contributed by atoms with E-state index in [2.05, 4.69) is 0 Å². The van der Waals surface area contributed by atoms with Gasteiger partial charge in [0.25, 0.3) is 0 Å². The van der Waals surface area contributed by atoms with Gasteiger partial charge < -0.3 is 14.8 Å². The Bertz CT molecular complexity index is 1290. The minimum Gasteiger partial charge on any atom is -0.508 e. The average Bonchev–Trinajstić information content (AvgIpc) is 3.12. The van der Waals surface area contributed by atoms with Crippen LogP contribution in [0.1, 0.15) is 50.7 Å². The molecule has 3 aliphatic rings. The summed E-state index contributed by atoms with van der Waals surface area (Å²) >= 11 is 6.42. The monoisotopic (exact) mass is 533 g/mol. The van der Waals surface area contributed by atoms with Crippen LogP contribution >= 0.6 is 11.6 Å². The fraction of sp³-hybridized carbons (Fsp3) is 0.400. The van der Waals surface area contributed by atoms with Crippen LogP contribution < -0.4 is 0 Å². The summed E-state index contributed by atoms with van der Waals surface area (Å²) in [7, 11) is -0.987. The Balaban J connectivity index is 1.44. The van der Waals surface area contributed by atoms with Gasteiger partial charge >= 0.3 is 7.12 Å². The lowest BCUT2D eigenvalue weighted by Gasteiger charge is -2.42. The highest BCUT2D eigenvalue weighted by Gasteiger charge is 2.56. The van der Waals surface area contributed by atoms with Gasteiger partial charge in [0, 0.05) is 6.54 Å². The van der Waals surface area contributed by atoms with Gasteiger partial charge in [-0.05, 0) is 91.4 Å². The fourth-order valence-corrected chi connectivity index (χ4v) is 6.72. The molecule has 1 aliphatic carbocycles. The van der Waals surface area contributed by atoms with E-state index in [1.54, 1.807) is 12.1 Å². The van der Waals surface area contributed by atoms with Gasteiger partial charge in [0.15, 0.2) is 0 Å². The van der Waals surface area contributed by atoms with Gasteiger partial charge in [-0.15, -0.1) is 0 Å². The molecule has 2 aromatic carbocycles. The number of allylic oxidation sites excluding steroid dienone is 2. The molecule has 0 spiro atoms. The standard InChI is InChI=1S/C30H33BClNO5/c1-3-13-33-29(35)23-14-18(2)27-24(28(23)30(33)36)17-31(37)38-26(27)12-10-20(19-7-5-4-6-8-19)15-21-9-11-22(34)16-25(21)32/h4-9,11,15-16,23-24,26,28,34,37H,3,10,12-14,17H2,1-2H3/b20-15-/t23-,24+,26-,28-/m1/s1. The number of fused-ring (bicyclic) bond motifs is 3. The average molecular weight is 534 g/mol. The van der Waals surface area contributed by atoms with Crippen molar-refractivity contribution in [3.63, 3.8) is 0 Å². The Morgan fingerprint density at radius 3 is 2.63 bits per heavy atom. The molecule has 8 heteroatoms. The Hall–Kier alpha value is -2.87. The predicted molar refractivity (Wildman–Crippen MR) is 149 cm³/mol. The number of carbonyl (C=O) groups excluding carboxylic acids is 2. The SMILES string of the molecule is CCCN1C(=O)[C@@H]2[C@@H](CC(C)=C3[C@@H](CC/C(=C/c4ccc(O)cc4Cl)c4ccccc4)OB(O)C[C@@H]32)C1=O. The van der Waals surface area contributed by atoms with Crippen molar-refractivity contribution in [1.29, 1.82) is 0 Å². The van der Waals surface area contributed by atoms with Gasteiger partial charge in [-0.2, -0.15) is 0 Å². The molecule has 4 atom stereocenters. The number of phenolic OH excluding ortho intramolecular Hbond substituents is 1. The third-order valence-electron chi connectivity index (χ3n) is 8.12. The smallest absolute Gasteiger partial charge is 0.455 e. The van der Waals surface area contributed by atoms with Crippen molar-refractivity contribution in [3.05, 3.63) is 75.8 Å². The molecule has 2 amide bonds. The highest BCUT2D eigenvalue weighted by Crippen LogP contribution is 2.50. The van der Waals surface area contributed by atoms with Crippen molar-refractivity contribution in [2.75, 3.05) is 6.54 Å². The topological polar surface area (TPSA) is 87.1 Å². The number of hydrogen-bond donors (Lipinski definition) is 2. The van der Waals surface area contributed by atoms with Crippen LogP contribution in [0.2, 0.25) is 11.3 Å². The van der Waals surface area contributed by atoms with Gasteiger partial charge in [0.05, 0.1) is 23.0 Å². The van der Waals surface area contributed by atoms with Crippen LogP contribution in [0, 0.1) is 17.8 Å². The largest absolute Gasteiger partial charge is 0.508 e. The van der Waals surface area contributed by atoms with E-state index in [-0.39, 0.29) is 35.5 Å². The van der Waals surface area contributed by atoms with E-state index >= 15 is 0 Å². The summed E-state index contributed by atoms with van der Waals surface area (Å²) in [6, 6.07) is 14.9. The molecule has 0 bridgehead atoms. The number of phenols is 1. The van der Waals surface area contributed by atoms with Crippen LogP contribution in [0.25, 0.3) is 11.6 Å². The van der Waals surface area contributed by atoms with E-state index in [0.717, 1.165) is 34.3 Å². The second-order valence-electron chi connectivity index (χ2n) is 10.6. The van der Waals surface area contributed by atoms with E-state index < -0.39 is 13.0 Å². The predicted octanol–water partition coefficient (Wildman–Crippen LogP) is 5.59. The number of carbonyl (C=O) groups is 2. The summed E-state index contributed by atoms with van der Waals surface area (Å²) in [4.78, 5) is 27.8. The number of likely N-dealkylation sites (tertiary alicyclic amines) is 1. The molecule has 198 valence electrons. The van der Waals surface area contributed by atoms with Crippen LogP contribution in [0.15, 0.2) is 59.7 Å². The van der Waals surface area contributed by atoms with Crippen molar-refractivity contribution in [1.82, 2.24) is 4.90 Å². The molecule has 5 rings (SSSR count). The summed E-state index contributed by atoms with van der Waals surface area (Å²) < 4.78 is 6.09. The van der Waals surface area contributed by atoms with Crippen molar-refractivity contribution in [2.45, 2.75) is 52.0 Å². The van der Waals surface area contributed by atoms with Crippen LogP contribution in [-0.4, -0.2) is 46.6 Å². The molecule has 2 aromatic rings. The Morgan fingerprint density at radius 2 is 1.92 bits per heavy atom. The van der Waals surface area contributed by atoms with Gasteiger partial charge in [0.1, 0.15) is 5.75 Å². The molecule has 2 saturated heterocycles. The third-order valence-corrected chi connectivity index (χ3v) is 8.45. The van der Waals surface area contributed by atoms with Crippen molar-refractivity contribution < 1.29 is 24.4 Å². The van der Waals surface area contributed by atoms with Gasteiger partial charge in [-0.3, -0.25) is 14.5 Å². The van der Waals surface area contributed by atoms with E-state index in [4.69, 9.17) is 16.3 Å². The molecule has 6 nitrogen and oxygen atoms in total. The number of rotatable bonds is 7. The number of aromatic hydroxyl groups is 1. The summed E-state index contributed by atoms with van der Waals surface area (Å²) in [5.74, 6) is -1.02. The first-order valence-corrected chi connectivity index (χ1v) is 13.8. The molecular weight excluding hydrogens is 501 g/mol. The number of imide groups is 1. The number of benzene rings is 2. The first-order valence-electron chi connectivity index (χ1n) is 13.4. The van der Waals surface area contributed by atoms with Crippen LogP contribution in [0.3, 0.4) is 0 Å². The van der Waals surface area contributed by atoms with Crippen LogP contribution in [0.4, 0.5) is 0 Å². The maximum absolute atomic E-state index is 13.3. The second kappa shape index (κ2) is 11.1. The van der Waals surface area contributed by atoms with Gasteiger partial charge in [-0.1, -0.05) is 54.4 Å². The van der Waals surface area contributed by atoms with Crippen molar-refractivity contribution in [3.8, 4) is 5.75 Å². The van der Waals surface area contributed by atoms with E-state index in [1.807, 2.05) is 50.3 Å². The first kappa shape index (κ1) is 26.7. The Morgan fingerprint density at radius 1 is 1.16 bits per heavy atom. The Labute approximate surface area is 229 Å². The zero-order chi connectivity index (χ0) is 27.0. The summed E-state index contributed by atoms with van der Waals surface area (Å²) in [6.45, 7) is 4.45. The molecule has 2 heterocycles. The molecule has 2 fully saturated rings. The van der Waals surface area contributed by atoms with E-state index in [1.165, 1.54) is 11.0 Å². The zero-order valence-electron chi connectivity index (χ0n) is 21.8. The van der Waals surface area contributed by atoms with E-state index in [9.17, 15) is 19.7 Å². The summed E-state index contributed by atoms with van der Waals surface area (Å²) in [6.07, 6.45) is 4.54. The normalized spacial score (nSPS) is 25.6. The van der Waals surface area contributed by atoms with Gasteiger partial charge in [0.2, 0.25) is 11.8 Å². The molecule has 0 aromatic heterocycles. The molecule has 0 saturated carbocycles. The number of hydrogen-bond acceptors (Lipinski definition) is 5. The van der Waals surface area contributed by atoms with Crippen molar-refractivity contribution in [2.24, 2.45) is 17.8 Å². The fourth-order valence-electron chi connectivity index (χ4n) is 6.49. The quantitative estimate of drug-likeness (QED) is 0.210. The summed E-state index contributed by atoms with van der Waals surface area (Å²) in [5.41, 5.74) is 5.07. The maximum atomic E-state index is 13.3. The molecule has 38 heavy (non-hydrogen) atoms. The third kappa shape index (κ3) is 5.07. The second-order valence-corrected chi connectivity index (χ2v) is 11.0. The minimum atomic E-state index is -0.987. The van der Waals surface area contributed by atoms with Crippen LogP contribution in [-0.2, 0) is 14.2 Å². The number of amides is 2. The molecular formula is C30H33BClNO5. The lowest BCUT2D eigenvalue weighted by molar-refractivity contribution is -0.140.